The van der Waals surface area contributed by atoms with Crippen LogP contribution in [0.25, 0.3) is 0 Å². The lowest BCUT2D eigenvalue weighted by atomic mass is 9.99. The fourth-order valence-electron chi connectivity index (χ4n) is 2.11. The summed E-state index contributed by atoms with van der Waals surface area (Å²) < 4.78 is 5.48. The van der Waals surface area contributed by atoms with E-state index in [4.69, 9.17) is 16.3 Å². The molecule has 1 atom stereocenters. The molecule has 21 heavy (non-hydrogen) atoms. The molecule has 0 saturated carbocycles. The van der Waals surface area contributed by atoms with Crippen molar-refractivity contribution in [1.82, 2.24) is 5.32 Å². The van der Waals surface area contributed by atoms with Gasteiger partial charge in [0.2, 0.25) is 0 Å². The maximum Gasteiger partial charge on any atom is 0.257 e. The first kappa shape index (κ1) is 17.8. The smallest absolute Gasteiger partial charge is 0.257 e. The summed E-state index contributed by atoms with van der Waals surface area (Å²) in [5, 5.41) is 3.65. The predicted molar refractivity (Wildman–Crippen MR) is 88.0 cm³/mol. The first-order valence-electron chi connectivity index (χ1n) is 7.72. The van der Waals surface area contributed by atoms with Crippen LogP contribution in [0.4, 0.5) is 0 Å². The number of unbranched alkanes of at least 4 members (excludes halogenated alkanes) is 1. The summed E-state index contributed by atoms with van der Waals surface area (Å²) in [7, 11) is 0. The Morgan fingerprint density at radius 2 is 2.14 bits per heavy atom. The Labute approximate surface area is 133 Å². The number of halogens is 1. The van der Waals surface area contributed by atoms with Gasteiger partial charge in [-0.15, -0.1) is 0 Å². The van der Waals surface area contributed by atoms with Gasteiger partial charge in [-0.05, 0) is 43.0 Å². The van der Waals surface area contributed by atoms with E-state index < -0.39 is 0 Å². The lowest BCUT2D eigenvalue weighted by Crippen LogP contribution is -2.33. The molecule has 0 heterocycles. The number of benzene rings is 1. The summed E-state index contributed by atoms with van der Waals surface area (Å²) in [5.41, 5.74) is 0.945. The Balaban J connectivity index is 2.31. The predicted octanol–water partition coefficient (Wildman–Crippen LogP) is 4.36. The molecule has 0 aliphatic rings. The Morgan fingerprint density at radius 3 is 2.76 bits per heavy atom. The minimum absolute atomic E-state index is 0.0469. The van der Waals surface area contributed by atoms with Gasteiger partial charge in [-0.1, -0.05) is 44.7 Å². The fourth-order valence-corrected chi connectivity index (χ4v) is 2.23. The van der Waals surface area contributed by atoms with Crippen LogP contribution < -0.4 is 10.1 Å². The van der Waals surface area contributed by atoms with Crippen molar-refractivity contribution in [3.8, 4) is 5.75 Å². The third kappa shape index (κ3) is 6.85. The number of aryl methyl sites for hydroxylation is 1. The van der Waals surface area contributed by atoms with Crippen molar-refractivity contribution < 1.29 is 9.53 Å². The first-order chi connectivity index (χ1) is 10.1. The van der Waals surface area contributed by atoms with E-state index in [1.54, 1.807) is 12.1 Å². The zero-order chi connectivity index (χ0) is 15.7. The molecule has 0 spiro atoms. The van der Waals surface area contributed by atoms with Crippen molar-refractivity contribution in [3.63, 3.8) is 0 Å². The van der Waals surface area contributed by atoms with Crippen LogP contribution in [0.1, 0.15) is 45.1 Å². The summed E-state index contributed by atoms with van der Waals surface area (Å²) in [6.07, 6.45) is 4.68. The van der Waals surface area contributed by atoms with E-state index in [1.807, 2.05) is 13.0 Å². The summed E-state index contributed by atoms with van der Waals surface area (Å²) in [4.78, 5) is 11.8. The molecule has 0 saturated heterocycles. The second-order valence-electron chi connectivity index (χ2n) is 5.42. The van der Waals surface area contributed by atoms with Gasteiger partial charge in [0, 0.05) is 11.6 Å². The number of carbonyl (C=O) groups excluding carboxylic acids is 1. The van der Waals surface area contributed by atoms with Crippen molar-refractivity contribution in [2.24, 2.45) is 5.92 Å². The average Bonchev–Trinajstić information content (AvgIpc) is 2.48. The van der Waals surface area contributed by atoms with E-state index in [-0.39, 0.29) is 12.5 Å². The van der Waals surface area contributed by atoms with E-state index in [9.17, 15) is 4.79 Å². The maximum absolute atomic E-state index is 11.8. The molecule has 0 aromatic heterocycles. The SMILES string of the molecule is CCCCC(CC)CNC(=O)COc1ccc(Cl)c(C)c1. The van der Waals surface area contributed by atoms with E-state index in [0.717, 1.165) is 18.5 Å². The highest BCUT2D eigenvalue weighted by Gasteiger charge is 2.09. The monoisotopic (exact) mass is 311 g/mol. The van der Waals surface area contributed by atoms with E-state index in [0.29, 0.717) is 16.7 Å². The average molecular weight is 312 g/mol. The molecule has 0 aliphatic carbocycles. The largest absolute Gasteiger partial charge is 0.484 e. The lowest BCUT2D eigenvalue weighted by Gasteiger charge is -2.15. The maximum atomic E-state index is 11.8. The molecule has 0 fully saturated rings. The first-order valence-corrected chi connectivity index (χ1v) is 8.10. The summed E-state index contributed by atoms with van der Waals surface area (Å²) in [6, 6.07) is 5.40. The van der Waals surface area contributed by atoms with Crippen LogP contribution in [-0.4, -0.2) is 19.1 Å². The van der Waals surface area contributed by atoms with Gasteiger partial charge in [-0.2, -0.15) is 0 Å². The molecule has 1 aromatic rings. The molecule has 4 heteroatoms. The highest BCUT2D eigenvalue weighted by Crippen LogP contribution is 2.20. The molecule has 1 aromatic carbocycles. The van der Waals surface area contributed by atoms with Crippen molar-refractivity contribution >= 4 is 17.5 Å². The van der Waals surface area contributed by atoms with Gasteiger partial charge in [0.05, 0.1) is 0 Å². The minimum Gasteiger partial charge on any atom is -0.484 e. The normalized spacial score (nSPS) is 12.0. The summed E-state index contributed by atoms with van der Waals surface area (Å²) >= 11 is 5.95. The van der Waals surface area contributed by atoms with Crippen LogP contribution in [-0.2, 0) is 4.79 Å². The van der Waals surface area contributed by atoms with Crippen LogP contribution in [0.15, 0.2) is 18.2 Å². The Morgan fingerprint density at radius 1 is 1.38 bits per heavy atom. The highest BCUT2D eigenvalue weighted by atomic mass is 35.5. The summed E-state index contributed by atoms with van der Waals surface area (Å²) in [5.74, 6) is 1.16. The zero-order valence-corrected chi connectivity index (χ0v) is 14.0. The Bertz CT molecular complexity index is 448. The molecule has 0 aliphatic heterocycles. The number of ether oxygens (including phenoxy) is 1. The second-order valence-corrected chi connectivity index (χ2v) is 5.83. The van der Waals surface area contributed by atoms with Gasteiger partial charge < -0.3 is 10.1 Å². The van der Waals surface area contributed by atoms with Gasteiger partial charge in [-0.3, -0.25) is 4.79 Å². The van der Waals surface area contributed by atoms with Crippen LogP contribution in [0.2, 0.25) is 5.02 Å². The van der Waals surface area contributed by atoms with Gasteiger partial charge in [0.1, 0.15) is 5.75 Å². The van der Waals surface area contributed by atoms with E-state index in [1.165, 1.54) is 19.3 Å². The van der Waals surface area contributed by atoms with Crippen molar-refractivity contribution in [2.75, 3.05) is 13.2 Å². The Hall–Kier alpha value is -1.22. The number of nitrogens with one attached hydrogen (secondary N) is 1. The van der Waals surface area contributed by atoms with Crippen molar-refractivity contribution in [2.45, 2.75) is 46.5 Å². The number of hydrogen-bond acceptors (Lipinski definition) is 2. The number of rotatable bonds is 9. The van der Waals surface area contributed by atoms with Crippen LogP contribution >= 0.6 is 11.6 Å². The van der Waals surface area contributed by atoms with E-state index in [2.05, 4.69) is 19.2 Å². The number of hydrogen-bond donors (Lipinski definition) is 1. The van der Waals surface area contributed by atoms with Crippen LogP contribution in [0.5, 0.6) is 5.75 Å². The Kier molecular flexibility index (Phi) is 8.21. The van der Waals surface area contributed by atoms with Crippen molar-refractivity contribution in [1.29, 1.82) is 0 Å². The topological polar surface area (TPSA) is 38.3 Å². The van der Waals surface area contributed by atoms with Crippen LogP contribution in [0, 0.1) is 12.8 Å². The molecule has 118 valence electrons. The van der Waals surface area contributed by atoms with Gasteiger partial charge in [0.15, 0.2) is 6.61 Å². The zero-order valence-electron chi connectivity index (χ0n) is 13.2. The highest BCUT2D eigenvalue weighted by molar-refractivity contribution is 6.31. The lowest BCUT2D eigenvalue weighted by molar-refractivity contribution is -0.123. The molecule has 1 amide bonds. The molecule has 0 bridgehead atoms. The van der Waals surface area contributed by atoms with Crippen LogP contribution in [0.3, 0.4) is 0 Å². The molecule has 1 N–H and O–H groups in total. The standard InChI is InChI=1S/C17H26ClNO2/c1-4-6-7-14(5-2)11-19-17(20)12-21-15-8-9-16(18)13(3)10-15/h8-10,14H,4-7,11-12H2,1-3H3,(H,19,20). The second kappa shape index (κ2) is 9.67. The molecule has 3 nitrogen and oxygen atoms in total. The molecule has 0 radical (unpaired) electrons. The third-order valence-corrected chi connectivity index (χ3v) is 4.05. The molecular weight excluding hydrogens is 286 g/mol. The fraction of sp³-hybridized carbons (Fsp3) is 0.588. The molecule has 1 rings (SSSR count). The van der Waals surface area contributed by atoms with Gasteiger partial charge in [-0.25, -0.2) is 0 Å². The minimum atomic E-state index is -0.0717. The molecular formula is C17H26ClNO2. The number of amides is 1. The van der Waals surface area contributed by atoms with Gasteiger partial charge in [0.25, 0.3) is 5.91 Å². The third-order valence-electron chi connectivity index (χ3n) is 3.63. The van der Waals surface area contributed by atoms with Gasteiger partial charge >= 0.3 is 0 Å². The quantitative estimate of drug-likeness (QED) is 0.736. The molecule has 1 unspecified atom stereocenters. The van der Waals surface area contributed by atoms with E-state index >= 15 is 0 Å². The van der Waals surface area contributed by atoms with Crippen molar-refractivity contribution in [3.05, 3.63) is 28.8 Å². The number of carbonyl (C=O) groups is 1. The summed E-state index contributed by atoms with van der Waals surface area (Å²) in [6.45, 7) is 7.05.